The number of Topliss-reactive ketones (excluding diaryl/α,β-unsaturated/α-hetero) is 1. The number of aryl methyl sites for hydroxylation is 1. The lowest BCUT2D eigenvalue weighted by molar-refractivity contribution is 0.0703. The van der Waals surface area contributed by atoms with Gasteiger partial charge in [0.05, 0.1) is 26.9 Å². The SMILES string of the molecule is COc1ccc(/C=C2\Oc3cc(OC(=O)c4cc5cccc(OC)c5o4)cc(C)c3C2=O)c(OC)c1. The lowest BCUT2D eigenvalue weighted by atomic mass is 10.0. The van der Waals surface area contributed by atoms with Gasteiger partial charge >= 0.3 is 5.97 Å². The van der Waals surface area contributed by atoms with Crippen LogP contribution in [-0.2, 0) is 0 Å². The Morgan fingerprint density at radius 1 is 0.889 bits per heavy atom. The second-order valence-electron chi connectivity index (χ2n) is 8.04. The molecule has 1 aliphatic heterocycles. The van der Waals surface area contributed by atoms with E-state index in [1.807, 2.05) is 6.07 Å². The minimum atomic E-state index is -0.685. The van der Waals surface area contributed by atoms with Gasteiger partial charge in [-0.2, -0.15) is 0 Å². The molecule has 0 fully saturated rings. The standard InChI is InChI=1S/C28H22O8/c1-15-10-19(34-28(30)24-12-17-6-5-7-20(32-3)27(17)36-24)14-22-25(15)26(29)23(35-22)11-16-8-9-18(31-2)13-21(16)33-4/h5-14H,1-4H3/b23-11-. The number of ketones is 1. The lowest BCUT2D eigenvalue weighted by Crippen LogP contribution is -2.07. The molecule has 0 amide bonds. The van der Waals surface area contributed by atoms with Crippen molar-refractivity contribution in [1.82, 2.24) is 0 Å². The number of carbonyl (C=O) groups is 2. The second kappa shape index (κ2) is 9.14. The maximum atomic E-state index is 13.1. The molecule has 0 spiro atoms. The van der Waals surface area contributed by atoms with E-state index in [1.54, 1.807) is 62.6 Å². The molecule has 0 saturated carbocycles. The zero-order valence-corrected chi connectivity index (χ0v) is 20.0. The Balaban J connectivity index is 1.42. The Bertz CT molecular complexity index is 1540. The molecule has 0 unspecified atom stereocenters. The van der Waals surface area contributed by atoms with Crippen LogP contribution in [0.3, 0.4) is 0 Å². The Hall–Kier alpha value is -4.72. The summed E-state index contributed by atoms with van der Waals surface area (Å²) in [5.74, 6) is 1.39. The highest BCUT2D eigenvalue weighted by atomic mass is 16.6. The first kappa shape index (κ1) is 23.0. The molecule has 0 atom stereocenters. The fourth-order valence-electron chi connectivity index (χ4n) is 4.07. The van der Waals surface area contributed by atoms with Gasteiger partial charge in [0.15, 0.2) is 17.1 Å². The third-order valence-corrected chi connectivity index (χ3v) is 5.81. The Morgan fingerprint density at radius 2 is 1.69 bits per heavy atom. The average Bonchev–Trinajstić information content (AvgIpc) is 3.45. The fourth-order valence-corrected chi connectivity index (χ4v) is 4.07. The number of rotatable bonds is 6. The number of furan rings is 1. The molecular formula is C28H22O8. The van der Waals surface area contributed by atoms with E-state index in [-0.39, 0.29) is 23.1 Å². The van der Waals surface area contributed by atoms with Crippen molar-refractivity contribution in [1.29, 1.82) is 0 Å². The molecule has 0 N–H and O–H groups in total. The van der Waals surface area contributed by atoms with Crippen molar-refractivity contribution in [3.8, 4) is 28.7 Å². The molecule has 8 heteroatoms. The third kappa shape index (κ3) is 4.02. The molecule has 8 nitrogen and oxygen atoms in total. The summed E-state index contributed by atoms with van der Waals surface area (Å²) >= 11 is 0. The van der Waals surface area contributed by atoms with Gasteiger partial charge < -0.3 is 28.1 Å². The minimum absolute atomic E-state index is 0.0248. The van der Waals surface area contributed by atoms with Crippen LogP contribution in [0.1, 0.15) is 32.0 Å². The van der Waals surface area contributed by atoms with Gasteiger partial charge in [0.2, 0.25) is 11.5 Å². The number of methoxy groups -OCH3 is 3. The predicted molar refractivity (Wildman–Crippen MR) is 131 cm³/mol. The van der Waals surface area contributed by atoms with E-state index < -0.39 is 5.97 Å². The van der Waals surface area contributed by atoms with E-state index >= 15 is 0 Å². The van der Waals surface area contributed by atoms with Crippen molar-refractivity contribution < 1.29 is 37.7 Å². The largest absolute Gasteiger partial charge is 0.497 e. The molecule has 182 valence electrons. The van der Waals surface area contributed by atoms with Crippen LogP contribution in [0.2, 0.25) is 0 Å². The summed E-state index contributed by atoms with van der Waals surface area (Å²) in [4.78, 5) is 25.9. The summed E-state index contributed by atoms with van der Waals surface area (Å²) in [5.41, 5.74) is 2.12. The van der Waals surface area contributed by atoms with E-state index in [9.17, 15) is 9.59 Å². The highest BCUT2D eigenvalue weighted by Crippen LogP contribution is 2.39. The van der Waals surface area contributed by atoms with Crippen LogP contribution < -0.4 is 23.7 Å². The van der Waals surface area contributed by atoms with Crippen molar-refractivity contribution in [3.63, 3.8) is 0 Å². The highest BCUT2D eigenvalue weighted by molar-refractivity contribution is 6.15. The van der Waals surface area contributed by atoms with Crippen LogP contribution in [0.25, 0.3) is 17.0 Å². The van der Waals surface area contributed by atoms with Crippen LogP contribution in [-0.4, -0.2) is 33.1 Å². The maximum absolute atomic E-state index is 13.1. The predicted octanol–water partition coefficient (Wildman–Crippen LogP) is 5.60. The maximum Gasteiger partial charge on any atom is 0.379 e. The molecule has 36 heavy (non-hydrogen) atoms. The third-order valence-electron chi connectivity index (χ3n) is 5.81. The van der Waals surface area contributed by atoms with E-state index in [1.165, 1.54) is 20.3 Å². The monoisotopic (exact) mass is 486 g/mol. The number of carbonyl (C=O) groups excluding carboxylic acids is 2. The van der Waals surface area contributed by atoms with Crippen LogP contribution in [0, 0.1) is 6.92 Å². The normalized spacial score (nSPS) is 13.4. The minimum Gasteiger partial charge on any atom is -0.497 e. The molecule has 4 aromatic rings. The van der Waals surface area contributed by atoms with Crippen LogP contribution in [0.5, 0.6) is 28.7 Å². The van der Waals surface area contributed by atoms with E-state index in [0.29, 0.717) is 50.7 Å². The van der Waals surface area contributed by atoms with Gasteiger partial charge in [0.25, 0.3) is 0 Å². The topological polar surface area (TPSA) is 93.4 Å². The zero-order valence-electron chi connectivity index (χ0n) is 20.0. The molecule has 3 aromatic carbocycles. The first-order chi connectivity index (χ1) is 17.4. The van der Waals surface area contributed by atoms with E-state index in [4.69, 9.17) is 28.1 Å². The molecule has 0 radical (unpaired) electrons. The summed E-state index contributed by atoms with van der Waals surface area (Å²) in [5, 5.41) is 0.712. The summed E-state index contributed by atoms with van der Waals surface area (Å²) in [6.45, 7) is 1.75. The summed E-state index contributed by atoms with van der Waals surface area (Å²) in [6.07, 6.45) is 1.60. The fraction of sp³-hybridized carbons (Fsp3) is 0.143. The molecule has 0 bridgehead atoms. The Kier molecular flexibility index (Phi) is 5.85. The number of esters is 1. The Labute approximate surface area is 206 Å². The molecule has 5 rings (SSSR count). The summed E-state index contributed by atoms with van der Waals surface area (Å²) < 4.78 is 33.0. The van der Waals surface area contributed by atoms with Gasteiger partial charge in [-0.15, -0.1) is 0 Å². The highest BCUT2D eigenvalue weighted by Gasteiger charge is 2.31. The number of para-hydroxylation sites is 1. The van der Waals surface area contributed by atoms with Crippen molar-refractivity contribution in [2.24, 2.45) is 0 Å². The molecule has 0 saturated heterocycles. The van der Waals surface area contributed by atoms with Crippen LogP contribution in [0.4, 0.5) is 0 Å². The first-order valence-electron chi connectivity index (χ1n) is 11.0. The van der Waals surface area contributed by atoms with Crippen molar-refractivity contribution in [2.45, 2.75) is 6.92 Å². The van der Waals surface area contributed by atoms with Gasteiger partial charge in [-0.3, -0.25) is 4.79 Å². The van der Waals surface area contributed by atoms with Crippen LogP contribution in [0.15, 0.2) is 64.8 Å². The number of hydrogen-bond acceptors (Lipinski definition) is 8. The summed E-state index contributed by atoms with van der Waals surface area (Å²) in [6, 6.07) is 15.3. The van der Waals surface area contributed by atoms with E-state index in [2.05, 4.69) is 0 Å². The van der Waals surface area contributed by atoms with Gasteiger partial charge in [0, 0.05) is 23.1 Å². The van der Waals surface area contributed by atoms with Crippen molar-refractivity contribution >= 4 is 28.8 Å². The number of benzene rings is 3. The number of hydrogen-bond donors (Lipinski definition) is 0. The Morgan fingerprint density at radius 3 is 2.44 bits per heavy atom. The van der Waals surface area contributed by atoms with E-state index in [0.717, 1.165) is 0 Å². The molecule has 0 aliphatic carbocycles. The zero-order chi connectivity index (χ0) is 25.4. The molecule has 2 heterocycles. The average molecular weight is 486 g/mol. The van der Waals surface area contributed by atoms with Gasteiger partial charge in [-0.1, -0.05) is 12.1 Å². The smallest absolute Gasteiger partial charge is 0.379 e. The molecule has 1 aliphatic rings. The molecule has 1 aromatic heterocycles. The summed E-state index contributed by atoms with van der Waals surface area (Å²) in [7, 11) is 4.62. The lowest BCUT2D eigenvalue weighted by Gasteiger charge is -2.08. The van der Waals surface area contributed by atoms with Crippen LogP contribution >= 0.6 is 0 Å². The van der Waals surface area contributed by atoms with Crippen molar-refractivity contribution in [3.05, 3.63) is 82.8 Å². The van der Waals surface area contributed by atoms with Gasteiger partial charge in [0.1, 0.15) is 23.0 Å². The number of allylic oxidation sites excluding steroid dienone is 1. The number of fused-ring (bicyclic) bond motifs is 2. The first-order valence-corrected chi connectivity index (χ1v) is 11.0. The van der Waals surface area contributed by atoms with Gasteiger partial charge in [-0.05, 0) is 48.9 Å². The second-order valence-corrected chi connectivity index (χ2v) is 8.04. The quantitative estimate of drug-likeness (QED) is 0.197. The van der Waals surface area contributed by atoms with Gasteiger partial charge in [-0.25, -0.2) is 4.79 Å². The van der Waals surface area contributed by atoms with Crippen molar-refractivity contribution in [2.75, 3.05) is 21.3 Å². The molecular weight excluding hydrogens is 464 g/mol. The number of ether oxygens (including phenoxy) is 5.